The van der Waals surface area contributed by atoms with E-state index in [1.54, 1.807) is 18.3 Å². The van der Waals surface area contributed by atoms with Crippen molar-refractivity contribution < 1.29 is 9.59 Å². The summed E-state index contributed by atoms with van der Waals surface area (Å²) in [4.78, 5) is 31.0. The van der Waals surface area contributed by atoms with E-state index < -0.39 is 0 Å². The van der Waals surface area contributed by atoms with Crippen molar-refractivity contribution in [1.82, 2.24) is 14.8 Å². The molecule has 1 aromatic heterocycles. The number of aldehydes is 1. The second kappa shape index (κ2) is 7.14. The third-order valence-electron chi connectivity index (χ3n) is 3.52. The van der Waals surface area contributed by atoms with E-state index in [0.29, 0.717) is 18.7 Å². The molecule has 0 N–H and O–H groups in total. The van der Waals surface area contributed by atoms with Gasteiger partial charge in [0, 0.05) is 31.4 Å². The molecule has 0 atom stereocenters. The average Bonchev–Trinajstić information content (AvgIpc) is 2.48. The predicted molar refractivity (Wildman–Crippen MR) is 76.4 cm³/mol. The highest BCUT2D eigenvalue weighted by Gasteiger charge is 2.17. The molecule has 0 saturated carbocycles. The molecular weight excluding hydrogens is 254 g/mol. The summed E-state index contributed by atoms with van der Waals surface area (Å²) in [5.41, 5.74) is 1.43. The van der Waals surface area contributed by atoms with Crippen LogP contribution in [0.1, 0.15) is 35.3 Å². The highest BCUT2D eigenvalue weighted by atomic mass is 16.2. The van der Waals surface area contributed by atoms with Gasteiger partial charge in [-0.25, -0.2) is 0 Å². The van der Waals surface area contributed by atoms with Gasteiger partial charge in [0.25, 0.3) is 0 Å². The number of likely N-dealkylation sites (tertiary alicyclic amines) is 1. The summed E-state index contributed by atoms with van der Waals surface area (Å²) in [6, 6.07) is 3.43. The molecule has 1 aliphatic heterocycles. The minimum Gasteiger partial charge on any atom is -0.342 e. The van der Waals surface area contributed by atoms with Crippen molar-refractivity contribution in [1.29, 1.82) is 0 Å². The summed E-state index contributed by atoms with van der Waals surface area (Å²) in [6.07, 6.45) is 5.88. The van der Waals surface area contributed by atoms with Crippen LogP contribution in [0.3, 0.4) is 0 Å². The van der Waals surface area contributed by atoms with E-state index in [0.717, 1.165) is 37.9 Å². The second-order valence-corrected chi connectivity index (χ2v) is 5.31. The SMILES string of the molecule is CN(CC(=O)N1CCCCC1)Cc1cc(C=O)ccn1. The highest BCUT2D eigenvalue weighted by molar-refractivity contribution is 5.78. The Morgan fingerprint density at radius 3 is 2.85 bits per heavy atom. The van der Waals surface area contributed by atoms with Crippen LogP contribution in [0.15, 0.2) is 18.3 Å². The van der Waals surface area contributed by atoms with E-state index in [1.807, 2.05) is 16.8 Å². The Morgan fingerprint density at radius 1 is 1.40 bits per heavy atom. The van der Waals surface area contributed by atoms with Gasteiger partial charge in [-0.15, -0.1) is 0 Å². The minimum absolute atomic E-state index is 0.179. The molecule has 2 heterocycles. The Kier molecular flexibility index (Phi) is 5.24. The van der Waals surface area contributed by atoms with E-state index in [4.69, 9.17) is 0 Å². The largest absolute Gasteiger partial charge is 0.342 e. The molecule has 1 amide bonds. The lowest BCUT2D eigenvalue weighted by Gasteiger charge is -2.28. The lowest BCUT2D eigenvalue weighted by Crippen LogP contribution is -2.41. The molecule has 1 aliphatic rings. The molecule has 1 aromatic rings. The van der Waals surface area contributed by atoms with Gasteiger partial charge in [-0.2, -0.15) is 0 Å². The molecule has 0 bridgehead atoms. The van der Waals surface area contributed by atoms with Gasteiger partial charge >= 0.3 is 0 Å². The number of rotatable bonds is 5. The lowest BCUT2D eigenvalue weighted by molar-refractivity contribution is -0.133. The molecule has 0 unspecified atom stereocenters. The number of carbonyl (C=O) groups is 2. The van der Waals surface area contributed by atoms with Gasteiger partial charge in [-0.3, -0.25) is 19.5 Å². The summed E-state index contributed by atoms with van der Waals surface area (Å²) >= 11 is 0. The van der Waals surface area contributed by atoms with Gasteiger partial charge in [0.2, 0.25) is 5.91 Å². The normalized spacial score (nSPS) is 15.4. The number of piperidine rings is 1. The molecule has 0 aromatic carbocycles. The zero-order valence-electron chi connectivity index (χ0n) is 11.9. The fourth-order valence-corrected chi connectivity index (χ4v) is 2.46. The monoisotopic (exact) mass is 275 g/mol. The fraction of sp³-hybridized carbons (Fsp3) is 0.533. The number of likely N-dealkylation sites (N-methyl/N-ethyl adjacent to an activating group) is 1. The van der Waals surface area contributed by atoms with Crippen LogP contribution in [0.4, 0.5) is 0 Å². The van der Waals surface area contributed by atoms with E-state index >= 15 is 0 Å². The smallest absolute Gasteiger partial charge is 0.236 e. The average molecular weight is 275 g/mol. The lowest BCUT2D eigenvalue weighted by atomic mass is 10.1. The number of pyridine rings is 1. The number of amides is 1. The highest BCUT2D eigenvalue weighted by Crippen LogP contribution is 2.09. The van der Waals surface area contributed by atoms with Crippen LogP contribution in [0.5, 0.6) is 0 Å². The van der Waals surface area contributed by atoms with Gasteiger partial charge in [0.15, 0.2) is 0 Å². The van der Waals surface area contributed by atoms with Crippen molar-refractivity contribution in [2.75, 3.05) is 26.7 Å². The van der Waals surface area contributed by atoms with E-state index in [1.165, 1.54) is 6.42 Å². The van der Waals surface area contributed by atoms with Gasteiger partial charge < -0.3 is 4.90 Å². The Morgan fingerprint density at radius 2 is 2.15 bits per heavy atom. The van der Waals surface area contributed by atoms with Crippen molar-refractivity contribution in [2.24, 2.45) is 0 Å². The number of aromatic nitrogens is 1. The molecular formula is C15H21N3O2. The van der Waals surface area contributed by atoms with Gasteiger partial charge in [0.1, 0.15) is 6.29 Å². The molecule has 0 radical (unpaired) electrons. The summed E-state index contributed by atoms with van der Waals surface area (Å²) in [7, 11) is 1.90. The first-order valence-corrected chi connectivity index (χ1v) is 7.05. The summed E-state index contributed by atoms with van der Waals surface area (Å²) in [5, 5.41) is 0. The first kappa shape index (κ1) is 14.7. The number of nitrogens with zero attached hydrogens (tertiary/aromatic N) is 3. The van der Waals surface area contributed by atoms with Crippen molar-refractivity contribution in [3.8, 4) is 0 Å². The first-order valence-electron chi connectivity index (χ1n) is 7.05. The van der Waals surface area contributed by atoms with Crippen molar-refractivity contribution in [2.45, 2.75) is 25.8 Å². The van der Waals surface area contributed by atoms with Crippen LogP contribution in [0, 0.1) is 0 Å². The Labute approximate surface area is 119 Å². The van der Waals surface area contributed by atoms with Crippen LogP contribution in [0.2, 0.25) is 0 Å². The maximum absolute atomic E-state index is 12.1. The Hall–Kier alpha value is -1.75. The van der Waals surface area contributed by atoms with Crippen molar-refractivity contribution >= 4 is 12.2 Å². The quantitative estimate of drug-likeness (QED) is 0.761. The van der Waals surface area contributed by atoms with Gasteiger partial charge in [-0.1, -0.05) is 0 Å². The Bertz CT molecular complexity index is 470. The second-order valence-electron chi connectivity index (χ2n) is 5.31. The zero-order valence-corrected chi connectivity index (χ0v) is 11.9. The zero-order chi connectivity index (χ0) is 14.4. The van der Waals surface area contributed by atoms with Crippen LogP contribution < -0.4 is 0 Å². The van der Waals surface area contributed by atoms with Crippen molar-refractivity contribution in [3.63, 3.8) is 0 Å². The molecule has 1 fully saturated rings. The molecule has 2 rings (SSSR count). The molecule has 1 saturated heterocycles. The standard InChI is InChI=1S/C15H21N3O2/c1-17(10-14-9-13(12-19)5-6-16-14)11-15(20)18-7-3-2-4-8-18/h5-6,9,12H,2-4,7-8,10-11H2,1H3. The predicted octanol–water partition coefficient (Wildman–Crippen LogP) is 1.34. The van der Waals surface area contributed by atoms with E-state index in [9.17, 15) is 9.59 Å². The van der Waals surface area contributed by atoms with Crippen molar-refractivity contribution in [3.05, 3.63) is 29.6 Å². The maximum Gasteiger partial charge on any atom is 0.236 e. The minimum atomic E-state index is 0.179. The maximum atomic E-state index is 12.1. The van der Waals surface area contributed by atoms with Crippen LogP contribution >= 0.6 is 0 Å². The summed E-state index contributed by atoms with van der Waals surface area (Å²) in [6.45, 7) is 2.73. The molecule has 108 valence electrons. The molecule has 0 aliphatic carbocycles. The third kappa shape index (κ3) is 4.13. The number of carbonyl (C=O) groups excluding carboxylic acids is 2. The number of hydrogen-bond acceptors (Lipinski definition) is 4. The van der Waals surface area contributed by atoms with Crippen LogP contribution in [0.25, 0.3) is 0 Å². The first-order chi connectivity index (χ1) is 9.69. The molecule has 5 nitrogen and oxygen atoms in total. The van der Waals surface area contributed by atoms with Crippen LogP contribution in [-0.4, -0.2) is 53.7 Å². The van der Waals surface area contributed by atoms with Crippen LogP contribution in [-0.2, 0) is 11.3 Å². The van der Waals surface area contributed by atoms with E-state index in [-0.39, 0.29) is 5.91 Å². The number of hydrogen-bond donors (Lipinski definition) is 0. The molecule has 0 spiro atoms. The van der Waals surface area contributed by atoms with Gasteiger partial charge in [-0.05, 0) is 38.4 Å². The summed E-state index contributed by atoms with van der Waals surface area (Å²) in [5.74, 6) is 0.179. The summed E-state index contributed by atoms with van der Waals surface area (Å²) < 4.78 is 0. The topological polar surface area (TPSA) is 53.5 Å². The molecule has 20 heavy (non-hydrogen) atoms. The Balaban J connectivity index is 1.86. The fourth-order valence-electron chi connectivity index (χ4n) is 2.46. The van der Waals surface area contributed by atoms with Gasteiger partial charge in [0.05, 0.1) is 12.2 Å². The van der Waals surface area contributed by atoms with E-state index in [2.05, 4.69) is 4.98 Å². The third-order valence-corrected chi connectivity index (χ3v) is 3.52. The molecule has 5 heteroatoms.